The van der Waals surface area contributed by atoms with Crippen LogP contribution < -0.4 is 16.2 Å². The number of anilines is 1. The van der Waals surface area contributed by atoms with E-state index in [1.807, 2.05) is 12.1 Å². The van der Waals surface area contributed by atoms with Crippen LogP contribution >= 0.6 is 15.9 Å². The van der Waals surface area contributed by atoms with Crippen LogP contribution in [0.3, 0.4) is 0 Å². The van der Waals surface area contributed by atoms with Crippen molar-refractivity contribution in [2.45, 2.75) is 0 Å². The minimum absolute atomic E-state index is 0.406. The fourth-order valence-electron chi connectivity index (χ4n) is 1.46. The van der Waals surface area contributed by atoms with E-state index in [-0.39, 0.29) is 0 Å². The van der Waals surface area contributed by atoms with E-state index in [0.29, 0.717) is 27.2 Å². The first kappa shape index (κ1) is 12.4. The Labute approximate surface area is 113 Å². The lowest BCUT2D eigenvalue weighted by Crippen LogP contribution is -2.11. The highest BCUT2D eigenvalue weighted by Crippen LogP contribution is 2.29. The molecule has 2 rings (SSSR count). The van der Waals surface area contributed by atoms with Gasteiger partial charge in [0.15, 0.2) is 0 Å². The van der Waals surface area contributed by atoms with Crippen molar-refractivity contribution in [2.75, 3.05) is 5.73 Å². The zero-order valence-electron chi connectivity index (χ0n) is 9.39. The summed E-state index contributed by atoms with van der Waals surface area (Å²) >= 11 is 3.27. The Bertz CT molecular complexity index is 599. The summed E-state index contributed by atoms with van der Waals surface area (Å²) in [5.74, 6) is 0.647. The second-order valence-corrected chi connectivity index (χ2v) is 4.50. The van der Waals surface area contributed by atoms with E-state index in [4.69, 9.17) is 16.2 Å². The highest BCUT2D eigenvalue weighted by atomic mass is 79.9. The third-order valence-corrected chi connectivity index (χ3v) is 3.01. The van der Waals surface area contributed by atoms with E-state index in [0.717, 1.165) is 0 Å². The Morgan fingerprint density at radius 2 is 1.89 bits per heavy atom. The van der Waals surface area contributed by atoms with Crippen LogP contribution in [-0.2, 0) is 0 Å². The van der Waals surface area contributed by atoms with Crippen molar-refractivity contribution in [3.63, 3.8) is 0 Å². The van der Waals surface area contributed by atoms with Crippen molar-refractivity contribution in [3.8, 4) is 11.5 Å². The molecule has 0 bridgehead atoms. The lowest BCUT2D eigenvalue weighted by Gasteiger charge is -2.09. The minimum Gasteiger partial charge on any atom is -0.455 e. The molecule has 0 aliphatic heterocycles. The molecule has 0 spiro atoms. The standard InChI is InChI=1S/C13H11BrN2O2/c14-10-7-8(5-6-9(10)13(16)17)18-12-4-2-1-3-11(12)15/h1-7H,15H2,(H2,16,17). The Balaban J connectivity index is 2.29. The molecule has 0 heterocycles. The summed E-state index contributed by atoms with van der Waals surface area (Å²) in [4.78, 5) is 11.1. The maximum atomic E-state index is 11.1. The molecule has 0 aliphatic rings. The van der Waals surface area contributed by atoms with Crippen LogP contribution in [0.5, 0.6) is 11.5 Å². The number of hydrogen-bond acceptors (Lipinski definition) is 3. The first-order valence-corrected chi connectivity index (χ1v) is 5.99. The molecule has 5 heteroatoms. The SMILES string of the molecule is NC(=O)c1ccc(Oc2ccccc2N)cc1Br. The van der Waals surface area contributed by atoms with Gasteiger partial charge in [0.2, 0.25) is 5.91 Å². The van der Waals surface area contributed by atoms with Crippen LogP contribution in [0.2, 0.25) is 0 Å². The van der Waals surface area contributed by atoms with E-state index in [9.17, 15) is 4.79 Å². The second-order valence-electron chi connectivity index (χ2n) is 3.65. The molecule has 0 aromatic heterocycles. The zero-order chi connectivity index (χ0) is 13.1. The molecule has 92 valence electrons. The Morgan fingerprint density at radius 3 is 2.50 bits per heavy atom. The fraction of sp³-hybridized carbons (Fsp3) is 0. The van der Waals surface area contributed by atoms with Crippen molar-refractivity contribution < 1.29 is 9.53 Å². The molecular formula is C13H11BrN2O2. The Kier molecular flexibility index (Phi) is 3.53. The summed E-state index contributed by atoms with van der Waals surface area (Å²) in [6.07, 6.45) is 0. The fourth-order valence-corrected chi connectivity index (χ4v) is 2.01. The lowest BCUT2D eigenvalue weighted by atomic mass is 10.2. The number of nitrogens with two attached hydrogens (primary N) is 2. The molecule has 4 nitrogen and oxygen atoms in total. The van der Waals surface area contributed by atoms with E-state index < -0.39 is 5.91 Å². The third-order valence-electron chi connectivity index (χ3n) is 2.35. The number of carbonyl (C=O) groups is 1. The predicted octanol–water partition coefficient (Wildman–Crippen LogP) is 2.92. The van der Waals surface area contributed by atoms with Gasteiger partial charge in [0.05, 0.1) is 11.3 Å². The molecule has 0 fully saturated rings. The molecule has 0 atom stereocenters. The molecule has 2 aromatic rings. The van der Waals surface area contributed by atoms with E-state index in [1.54, 1.807) is 30.3 Å². The molecule has 0 radical (unpaired) electrons. The van der Waals surface area contributed by atoms with Crippen molar-refractivity contribution in [1.29, 1.82) is 0 Å². The quantitative estimate of drug-likeness (QED) is 0.856. The van der Waals surface area contributed by atoms with Gasteiger partial charge in [-0.05, 0) is 46.3 Å². The molecule has 0 saturated carbocycles. The van der Waals surface area contributed by atoms with Gasteiger partial charge in [-0.25, -0.2) is 0 Å². The van der Waals surface area contributed by atoms with Crippen molar-refractivity contribution >= 4 is 27.5 Å². The molecular weight excluding hydrogens is 296 g/mol. The van der Waals surface area contributed by atoms with Crippen molar-refractivity contribution in [2.24, 2.45) is 5.73 Å². The Hall–Kier alpha value is -2.01. The summed E-state index contributed by atoms with van der Waals surface area (Å²) in [5.41, 5.74) is 11.9. The van der Waals surface area contributed by atoms with Crippen molar-refractivity contribution in [1.82, 2.24) is 0 Å². The summed E-state index contributed by atoms with van der Waals surface area (Å²) in [6.45, 7) is 0. The van der Waals surface area contributed by atoms with E-state index in [2.05, 4.69) is 15.9 Å². The smallest absolute Gasteiger partial charge is 0.249 e. The number of primary amides is 1. The number of benzene rings is 2. The van der Waals surface area contributed by atoms with Crippen LogP contribution in [0.15, 0.2) is 46.9 Å². The zero-order valence-corrected chi connectivity index (χ0v) is 11.0. The van der Waals surface area contributed by atoms with Crippen LogP contribution in [0.1, 0.15) is 10.4 Å². The number of rotatable bonds is 3. The van der Waals surface area contributed by atoms with E-state index >= 15 is 0 Å². The van der Waals surface area contributed by atoms with Crippen LogP contribution in [-0.4, -0.2) is 5.91 Å². The number of hydrogen-bond donors (Lipinski definition) is 2. The van der Waals surface area contributed by atoms with Crippen LogP contribution in [0.4, 0.5) is 5.69 Å². The molecule has 0 aliphatic carbocycles. The van der Waals surface area contributed by atoms with Gasteiger partial charge in [-0.2, -0.15) is 0 Å². The van der Waals surface area contributed by atoms with Gasteiger partial charge in [0.25, 0.3) is 0 Å². The number of ether oxygens (including phenoxy) is 1. The van der Waals surface area contributed by atoms with Crippen LogP contribution in [0.25, 0.3) is 0 Å². The Morgan fingerprint density at radius 1 is 1.17 bits per heavy atom. The number of nitrogen functional groups attached to an aromatic ring is 1. The van der Waals surface area contributed by atoms with Gasteiger partial charge in [-0.15, -0.1) is 0 Å². The van der Waals surface area contributed by atoms with Crippen LogP contribution in [0, 0.1) is 0 Å². The first-order valence-electron chi connectivity index (χ1n) is 5.19. The number of halogens is 1. The summed E-state index contributed by atoms with van der Waals surface area (Å²) in [5, 5.41) is 0. The number of para-hydroxylation sites is 2. The molecule has 18 heavy (non-hydrogen) atoms. The average molecular weight is 307 g/mol. The van der Waals surface area contributed by atoms with Gasteiger partial charge in [0, 0.05) is 4.47 Å². The monoisotopic (exact) mass is 306 g/mol. The summed E-state index contributed by atoms with van der Waals surface area (Å²) < 4.78 is 6.20. The number of carbonyl (C=O) groups excluding carboxylic acids is 1. The molecule has 0 saturated heterocycles. The van der Waals surface area contributed by atoms with Crippen molar-refractivity contribution in [3.05, 3.63) is 52.5 Å². The normalized spacial score (nSPS) is 10.1. The average Bonchev–Trinajstić information content (AvgIpc) is 2.32. The second kappa shape index (κ2) is 5.10. The maximum Gasteiger partial charge on any atom is 0.249 e. The first-order chi connectivity index (χ1) is 8.58. The molecule has 1 amide bonds. The molecule has 0 unspecified atom stereocenters. The third kappa shape index (κ3) is 2.62. The highest BCUT2D eigenvalue weighted by Gasteiger charge is 2.08. The highest BCUT2D eigenvalue weighted by molar-refractivity contribution is 9.10. The topological polar surface area (TPSA) is 78.3 Å². The van der Waals surface area contributed by atoms with E-state index in [1.165, 1.54) is 0 Å². The predicted molar refractivity (Wildman–Crippen MR) is 73.6 cm³/mol. The molecule has 2 aromatic carbocycles. The summed E-state index contributed by atoms with van der Waals surface area (Å²) in [6, 6.07) is 12.1. The number of amides is 1. The summed E-state index contributed by atoms with van der Waals surface area (Å²) in [7, 11) is 0. The van der Waals surface area contributed by atoms with Gasteiger partial charge >= 0.3 is 0 Å². The van der Waals surface area contributed by atoms with Gasteiger partial charge in [-0.1, -0.05) is 12.1 Å². The van der Waals surface area contributed by atoms with Gasteiger partial charge in [-0.3, -0.25) is 4.79 Å². The minimum atomic E-state index is -0.493. The maximum absolute atomic E-state index is 11.1. The van der Waals surface area contributed by atoms with Gasteiger partial charge < -0.3 is 16.2 Å². The lowest BCUT2D eigenvalue weighted by molar-refractivity contribution is 0.0999. The molecule has 4 N–H and O–H groups in total. The van der Waals surface area contributed by atoms with Gasteiger partial charge in [0.1, 0.15) is 11.5 Å². The largest absolute Gasteiger partial charge is 0.455 e.